The van der Waals surface area contributed by atoms with Crippen LogP contribution in [0.2, 0.25) is 0 Å². The maximum atomic E-state index is 12.4. The zero-order valence-electron chi connectivity index (χ0n) is 13.1. The van der Waals surface area contributed by atoms with Crippen LogP contribution in [-0.2, 0) is 6.42 Å². The molecular weight excluding hydrogens is 282 g/mol. The van der Waals surface area contributed by atoms with E-state index in [1.807, 2.05) is 66.7 Å². The van der Waals surface area contributed by atoms with Crippen molar-refractivity contribution in [1.82, 2.24) is 0 Å². The van der Waals surface area contributed by atoms with Crippen LogP contribution in [0.1, 0.15) is 22.8 Å². The van der Waals surface area contributed by atoms with E-state index >= 15 is 0 Å². The van der Waals surface area contributed by atoms with Crippen LogP contribution in [0.4, 0.5) is 5.69 Å². The lowest BCUT2D eigenvalue weighted by Crippen LogP contribution is -2.13. The number of amides is 1. The van der Waals surface area contributed by atoms with Gasteiger partial charge in [-0.3, -0.25) is 4.79 Å². The van der Waals surface area contributed by atoms with Crippen LogP contribution in [0.25, 0.3) is 11.1 Å². The van der Waals surface area contributed by atoms with Crippen LogP contribution >= 0.6 is 0 Å². The second-order valence-electron chi connectivity index (χ2n) is 5.41. The summed E-state index contributed by atoms with van der Waals surface area (Å²) in [5.74, 6) is -0.0782. The molecule has 0 atom stereocenters. The van der Waals surface area contributed by atoms with Gasteiger partial charge in [-0.05, 0) is 41.3 Å². The lowest BCUT2D eigenvalue weighted by Gasteiger charge is -2.10. The maximum absolute atomic E-state index is 12.4. The highest BCUT2D eigenvalue weighted by Crippen LogP contribution is 2.20. The number of benzene rings is 3. The van der Waals surface area contributed by atoms with E-state index in [4.69, 9.17) is 0 Å². The van der Waals surface area contributed by atoms with E-state index in [9.17, 15) is 4.79 Å². The number of hydrogen-bond acceptors (Lipinski definition) is 1. The molecule has 2 nitrogen and oxygen atoms in total. The van der Waals surface area contributed by atoms with Gasteiger partial charge < -0.3 is 5.32 Å². The Kier molecular flexibility index (Phi) is 4.53. The zero-order valence-corrected chi connectivity index (χ0v) is 13.1. The summed E-state index contributed by atoms with van der Waals surface area (Å²) in [6.45, 7) is 2.08. The first-order chi connectivity index (χ1) is 11.3. The van der Waals surface area contributed by atoms with Crippen LogP contribution < -0.4 is 5.32 Å². The number of carbonyl (C=O) groups excluding carboxylic acids is 1. The molecule has 0 bridgehead atoms. The fourth-order valence-electron chi connectivity index (χ4n) is 2.59. The summed E-state index contributed by atoms with van der Waals surface area (Å²) >= 11 is 0. The number of carbonyl (C=O) groups is 1. The Bertz CT molecular complexity index is 792. The van der Waals surface area contributed by atoms with Crippen LogP contribution in [-0.4, -0.2) is 5.91 Å². The van der Waals surface area contributed by atoms with E-state index in [1.165, 1.54) is 0 Å². The fourth-order valence-corrected chi connectivity index (χ4v) is 2.59. The predicted octanol–water partition coefficient (Wildman–Crippen LogP) is 5.17. The van der Waals surface area contributed by atoms with Crippen molar-refractivity contribution >= 4 is 11.6 Å². The molecular formula is C21H19NO. The Balaban J connectivity index is 1.78. The average molecular weight is 301 g/mol. The number of hydrogen-bond donors (Lipinski definition) is 1. The van der Waals surface area contributed by atoms with Gasteiger partial charge in [0.1, 0.15) is 0 Å². The van der Waals surface area contributed by atoms with E-state index in [2.05, 4.69) is 24.4 Å². The molecule has 0 unspecified atom stereocenters. The van der Waals surface area contributed by atoms with Gasteiger partial charge >= 0.3 is 0 Å². The van der Waals surface area contributed by atoms with Gasteiger partial charge in [0.05, 0.1) is 0 Å². The summed E-state index contributed by atoms with van der Waals surface area (Å²) < 4.78 is 0. The maximum Gasteiger partial charge on any atom is 0.255 e. The molecule has 0 fully saturated rings. The van der Waals surface area contributed by atoms with Gasteiger partial charge in [0.2, 0.25) is 0 Å². The Morgan fingerprint density at radius 1 is 0.783 bits per heavy atom. The summed E-state index contributed by atoms with van der Waals surface area (Å²) in [6, 6.07) is 25.7. The largest absolute Gasteiger partial charge is 0.322 e. The molecule has 0 saturated heterocycles. The van der Waals surface area contributed by atoms with Crippen LogP contribution in [0.5, 0.6) is 0 Å². The number of anilines is 1. The van der Waals surface area contributed by atoms with Crippen molar-refractivity contribution in [1.29, 1.82) is 0 Å². The van der Waals surface area contributed by atoms with Crippen molar-refractivity contribution in [2.45, 2.75) is 13.3 Å². The second kappa shape index (κ2) is 6.93. The molecule has 0 aliphatic heterocycles. The molecule has 1 N–H and O–H groups in total. The first-order valence-electron chi connectivity index (χ1n) is 7.82. The minimum absolute atomic E-state index is 0.0782. The highest BCUT2D eigenvalue weighted by molar-refractivity contribution is 6.04. The summed E-state index contributed by atoms with van der Waals surface area (Å²) in [5.41, 5.74) is 4.94. The molecule has 0 radical (unpaired) electrons. The summed E-state index contributed by atoms with van der Waals surface area (Å²) in [6.07, 6.45) is 0.892. The monoisotopic (exact) mass is 301 g/mol. The third-order valence-electron chi connectivity index (χ3n) is 3.90. The molecule has 0 spiro atoms. The molecule has 0 aromatic heterocycles. The molecule has 0 aliphatic carbocycles. The lowest BCUT2D eigenvalue weighted by atomic mass is 10.0. The molecule has 23 heavy (non-hydrogen) atoms. The number of para-hydroxylation sites is 1. The van der Waals surface area contributed by atoms with Gasteiger partial charge in [-0.15, -0.1) is 0 Å². The summed E-state index contributed by atoms with van der Waals surface area (Å²) in [5, 5.41) is 3.00. The van der Waals surface area contributed by atoms with Crippen LogP contribution in [0.15, 0.2) is 78.9 Å². The van der Waals surface area contributed by atoms with Crippen molar-refractivity contribution in [3.05, 3.63) is 90.0 Å². The van der Waals surface area contributed by atoms with Gasteiger partial charge in [0.25, 0.3) is 5.91 Å². The molecule has 2 heteroatoms. The highest BCUT2D eigenvalue weighted by atomic mass is 16.1. The minimum Gasteiger partial charge on any atom is -0.322 e. The normalized spacial score (nSPS) is 10.3. The first kappa shape index (κ1) is 15.0. The van der Waals surface area contributed by atoms with Crippen molar-refractivity contribution in [2.24, 2.45) is 0 Å². The smallest absolute Gasteiger partial charge is 0.255 e. The highest BCUT2D eigenvalue weighted by Gasteiger charge is 2.08. The molecule has 0 aliphatic rings. The van der Waals surface area contributed by atoms with Gasteiger partial charge in [0.15, 0.2) is 0 Å². The van der Waals surface area contributed by atoms with Gasteiger partial charge in [-0.25, -0.2) is 0 Å². The van der Waals surface area contributed by atoms with Crippen molar-refractivity contribution in [3.63, 3.8) is 0 Å². The second-order valence-corrected chi connectivity index (χ2v) is 5.41. The lowest BCUT2D eigenvalue weighted by molar-refractivity contribution is 0.102. The van der Waals surface area contributed by atoms with E-state index in [1.54, 1.807) is 0 Å². The van der Waals surface area contributed by atoms with E-state index in [-0.39, 0.29) is 5.91 Å². The van der Waals surface area contributed by atoms with Crippen LogP contribution in [0, 0.1) is 0 Å². The Labute approximate surface area is 136 Å². The standard InChI is InChI=1S/C21H19NO/c1-2-16-8-6-7-11-20(16)22-21(23)19-14-12-18(13-15-19)17-9-4-3-5-10-17/h3-15H,2H2,1H3,(H,22,23). The van der Waals surface area contributed by atoms with Crippen molar-refractivity contribution < 1.29 is 4.79 Å². The predicted molar refractivity (Wildman–Crippen MR) is 95.7 cm³/mol. The molecule has 114 valence electrons. The molecule has 3 rings (SSSR count). The SMILES string of the molecule is CCc1ccccc1NC(=O)c1ccc(-c2ccccc2)cc1. The third-order valence-corrected chi connectivity index (χ3v) is 3.90. The molecule has 0 saturated carbocycles. The Morgan fingerprint density at radius 3 is 2.09 bits per heavy atom. The van der Waals surface area contributed by atoms with E-state index in [0.717, 1.165) is 28.8 Å². The number of rotatable bonds is 4. The molecule has 3 aromatic carbocycles. The minimum atomic E-state index is -0.0782. The van der Waals surface area contributed by atoms with Crippen molar-refractivity contribution in [2.75, 3.05) is 5.32 Å². The van der Waals surface area contributed by atoms with E-state index < -0.39 is 0 Å². The quantitative estimate of drug-likeness (QED) is 0.708. The Morgan fingerprint density at radius 2 is 1.39 bits per heavy atom. The third kappa shape index (κ3) is 3.49. The van der Waals surface area contributed by atoms with Crippen molar-refractivity contribution in [3.8, 4) is 11.1 Å². The van der Waals surface area contributed by atoms with Gasteiger partial charge in [-0.1, -0.05) is 67.6 Å². The zero-order chi connectivity index (χ0) is 16.1. The Hall–Kier alpha value is -2.87. The van der Waals surface area contributed by atoms with Gasteiger partial charge in [0, 0.05) is 11.3 Å². The topological polar surface area (TPSA) is 29.1 Å². The first-order valence-corrected chi connectivity index (χ1v) is 7.82. The van der Waals surface area contributed by atoms with Crippen LogP contribution in [0.3, 0.4) is 0 Å². The fraction of sp³-hybridized carbons (Fsp3) is 0.0952. The molecule has 0 heterocycles. The molecule has 1 amide bonds. The summed E-state index contributed by atoms with van der Waals surface area (Å²) in [4.78, 5) is 12.4. The van der Waals surface area contributed by atoms with Gasteiger partial charge in [-0.2, -0.15) is 0 Å². The number of aryl methyl sites for hydroxylation is 1. The molecule has 3 aromatic rings. The average Bonchev–Trinajstić information content (AvgIpc) is 2.63. The van der Waals surface area contributed by atoms with E-state index in [0.29, 0.717) is 5.56 Å². The number of nitrogens with one attached hydrogen (secondary N) is 1. The summed E-state index contributed by atoms with van der Waals surface area (Å²) in [7, 11) is 0.